The minimum atomic E-state index is -0.640. The Balaban J connectivity index is 1.97. The highest BCUT2D eigenvalue weighted by Gasteiger charge is 2.25. The molecule has 0 fully saturated rings. The van der Waals surface area contributed by atoms with Crippen molar-refractivity contribution in [1.82, 2.24) is 9.78 Å². The zero-order chi connectivity index (χ0) is 23.5. The molecule has 33 heavy (non-hydrogen) atoms. The molecule has 0 bridgehead atoms. The number of hydrogen-bond donors (Lipinski definition) is 2. The first-order chi connectivity index (χ1) is 15.9. The van der Waals surface area contributed by atoms with Gasteiger partial charge in [-0.1, -0.05) is 83.9 Å². The number of anilines is 1. The number of carbonyl (C=O) groups is 1. The second-order valence-electron chi connectivity index (χ2n) is 7.19. The average molecular weight is 480 g/mol. The van der Waals surface area contributed by atoms with Gasteiger partial charge >= 0.3 is 0 Å². The van der Waals surface area contributed by atoms with E-state index >= 15 is 0 Å². The summed E-state index contributed by atoms with van der Waals surface area (Å²) in [7, 11) is 0. The number of amides is 1. The first-order valence-electron chi connectivity index (χ1n) is 10.2. The molecule has 6 nitrogen and oxygen atoms in total. The normalized spacial score (nSPS) is 10.8. The molecule has 4 aromatic rings. The summed E-state index contributed by atoms with van der Waals surface area (Å²) in [6.45, 7) is 2.07. The van der Waals surface area contributed by atoms with Gasteiger partial charge in [0.15, 0.2) is 5.75 Å². The maximum Gasteiger partial charge on any atom is 0.280 e. The fourth-order valence-electron chi connectivity index (χ4n) is 3.51. The molecule has 0 spiro atoms. The summed E-state index contributed by atoms with van der Waals surface area (Å²) in [4.78, 5) is 26.8. The van der Waals surface area contributed by atoms with Crippen molar-refractivity contribution in [2.75, 3.05) is 5.32 Å². The Hall–Kier alpha value is -3.61. The Labute approximate surface area is 200 Å². The van der Waals surface area contributed by atoms with Gasteiger partial charge in [-0.2, -0.15) is 5.10 Å². The summed E-state index contributed by atoms with van der Waals surface area (Å²) < 4.78 is 1.26. The molecule has 1 heterocycles. The van der Waals surface area contributed by atoms with Crippen molar-refractivity contribution in [3.8, 4) is 28.1 Å². The first-order valence-corrected chi connectivity index (χ1v) is 10.9. The highest BCUT2D eigenvalue weighted by Crippen LogP contribution is 2.36. The van der Waals surface area contributed by atoms with Crippen LogP contribution in [-0.2, 0) is 6.54 Å². The molecule has 2 N–H and O–H groups in total. The standard InChI is InChI=1S/C25H19Cl2N3O3/c1-2-30-25(33)21(24(32)28-17-13-18(26)23(31)19(27)14-17)20(15-9-5-3-6-10-15)22(29-30)16-11-7-4-8-12-16/h3-14,31H,2H2,1H3,(H,28,32). The molecular formula is C25H19Cl2N3O3. The van der Waals surface area contributed by atoms with Gasteiger partial charge in [0.05, 0.1) is 15.7 Å². The van der Waals surface area contributed by atoms with Gasteiger partial charge in [0, 0.05) is 23.4 Å². The molecule has 1 amide bonds. The number of aromatic hydroxyl groups is 1. The molecule has 0 unspecified atom stereocenters. The number of benzene rings is 3. The molecule has 0 atom stereocenters. The maximum atomic E-state index is 13.5. The molecule has 0 aliphatic heterocycles. The van der Waals surface area contributed by atoms with Crippen molar-refractivity contribution in [2.24, 2.45) is 0 Å². The van der Waals surface area contributed by atoms with Crippen LogP contribution in [0.4, 0.5) is 5.69 Å². The van der Waals surface area contributed by atoms with Crippen molar-refractivity contribution in [3.63, 3.8) is 0 Å². The van der Waals surface area contributed by atoms with E-state index in [1.165, 1.54) is 16.8 Å². The molecule has 166 valence electrons. The van der Waals surface area contributed by atoms with E-state index in [1.807, 2.05) is 60.7 Å². The minimum Gasteiger partial charge on any atom is -0.505 e. The van der Waals surface area contributed by atoms with Gasteiger partial charge < -0.3 is 10.4 Å². The van der Waals surface area contributed by atoms with Crippen LogP contribution >= 0.6 is 23.2 Å². The van der Waals surface area contributed by atoms with E-state index in [2.05, 4.69) is 10.4 Å². The number of rotatable bonds is 5. The van der Waals surface area contributed by atoms with Gasteiger partial charge in [-0.05, 0) is 24.6 Å². The van der Waals surface area contributed by atoms with Crippen molar-refractivity contribution < 1.29 is 9.90 Å². The molecule has 0 aliphatic rings. The average Bonchev–Trinajstić information content (AvgIpc) is 2.83. The molecule has 0 aliphatic carbocycles. The third-order valence-corrected chi connectivity index (χ3v) is 5.64. The number of carbonyl (C=O) groups excluding carboxylic acids is 1. The van der Waals surface area contributed by atoms with E-state index in [0.29, 0.717) is 16.8 Å². The van der Waals surface area contributed by atoms with E-state index < -0.39 is 11.5 Å². The Morgan fingerprint density at radius 2 is 1.52 bits per heavy atom. The lowest BCUT2D eigenvalue weighted by Crippen LogP contribution is -2.32. The first kappa shape index (κ1) is 22.6. The number of phenolic OH excluding ortho intramolecular Hbond substituents is 1. The third kappa shape index (κ3) is 4.49. The zero-order valence-corrected chi connectivity index (χ0v) is 19.1. The smallest absolute Gasteiger partial charge is 0.280 e. The van der Waals surface area contributed by atoms with Gasteiger partial charge in [-0.3, -0.25) is 9.59 Å². The molecule has 3 aromatic carbocycles. The van der Waals surface area contributed by atoms with Crippen LogP contribution in [-0.4, -0.2) is 20.8 Å². The largest absolute Gasteiger partial charge is 0.505 e. The summed E-state index contributed by atoms with van der Waals surface area (Å²) >= 11 is 12.0. The second kappa shape index (κ2) is 9.48. The lowest BCUT2D eigenvalue weighted by Gasteiger charge is -2.17. The van der Waals surface area contributed by atoms with E-state index in [1.54, 1.807) is 6.92 Å². The number of nitrogens with zero attached hydrogens (tertiary/aromatic N) is 2. The van der Waals surface area contributed by atoms with E-state index in [0.717, 1.165) is 5.56 Å². The van der Waals surface area contributed by atoms with E-state index in [4.69, 9.17) is 23.2 Å². The number of hydrogen-bond acceptors (Lipinski definition) is 4. The maximum absolute atomic E-state index is 13.5. The van der Waals surface area contributed by atoms with Gasteiger partial charge in [-0.25, -0.2) is 4.68 Å². The van der Waals surface area contributed by atoms with Crippen LogP contribution in [0, 0.1) is 0 Å². The molecule has 4 rings (SSSR count). The van der Waals surface area contributed by atoms with Crippen molar-refractivity contribution in [3.05, 3.63) is 98.8 Å². The second-order valence-corrected chi connectivity index (χ2v) is 8.01. The van der Waals surface area contributed by atoms with Gasteiger partial charge in [-0.15, -0.1) is 0 Å². The van der Waals surface area contributed by atoms with E-state index in [-0.39, 0.29) is 33.6 Å². The summed E-state index contributed by atoms with van der Waals surface area (Å²) in [5.74, 6) is -0.927. The van der Waals surface area contributed by atoms with Crippen molar-refractivity contribution in [1.29, 1.82) is 0 Å². The predicted octanol–water partition coefficient (Wildman–Crippen LogP) is 5.86. The fraction of sp³-hybridized carbons (Fsp3) is 0.0800. The fourth-order valence-corrected chi connectivity index (χ4v) is 4.00. The number of nitrogens with one attached hydrogen (secondary N) is 1. The zero-order valence-electron chi connectivity index (χ0n) is 17.5. The van der Waals surface area contributed by atoms with Crippen LogP contribution in [0.15, 0.2) is 77.6 Å². The quantitative estimate of drug-likeness (QED) is 0.351. The molecule has 0 radical (unpaired) electrons. The Bertz CT molecular complexity index is 1360. The molecule has 1 aromatic heterocycles. The molecular weight excluding hydrogens is 461 g/mol. The number of aryl methyl sites for hydroxylation is 1. The van der Waals surface area contributed by atoms with Crippen LogP contribution < -0.4 is 10.9 Å². The number of halogens is 2. The predicted molar refractivity (Wildman–Crippen MR) is 131 cm³/mol. The SMILES string of the molecule is CCn1nc(-c2ccccc2)c(-c2ccccc2)c(C(=O)Nc2cc(Cl)c(O)c(Cl)c2)c1=O. The van der Waals surface area contributed by atoms with Gasteiger partial charge in [0.2, 0.25) is 0 Å². The van der Waals surface area contributed by atoms with Crippen LogP contribution in [0.3, 0.4) is 0 Å². The monoisotopic (exact) mass is 479 g/mol. The number of phenols is 1. The molecule has 0 saturated heterocycles. The molecule has 0 saturated carbocycles. The third-order valence-electron chi connectivity index (χ3n) is 5.07. The lowest BCUT2D eigenvalue weighted by molar-refractivity contribution is 0.102. The highest BCUT2D eigenvalue weighted by atomic mass is 35.5. The van der Waals surface area contributed by atoms with Crippen LogP contribution in [0.2, 0.25) is 10.0 Å². The summed E-state index contributed by atoms with van der Waals surface area (Å²) in [6.07, 6.45) is 0. The Morgan fingerprint density at radius 1 is 0.970 bits per heavy atom. The Morgan fingerprint density at radius 3 is 2.06 bits per heavy atom. The topological polar surface area (TPSA) is 84.2 Å². The van der Waals surface area contributed by atoms with Crippen LogP contribution in [0.25, 0.3) is 22.4 Å². The van der Waals surface area contributed by atoms with Crippen molar-refractivity contribution >= 4 is 34.8 Å². The summed E-state index contributed by atoms with van der Waals surface area (Å²) in [6, 6.07) is 21.3. The highest BCUT2D eigenvalue weighted by molar-refractivity contribution is 6.37. The van der Waals surface area contributed by atoms with Gasteiger partial charge in [0.25, 0.3) is 11.5 Å². The number of aromatic nitrogens is 2. The minimum absolute atomic E-state index is 0.0215. The Kier molecular flexibility index (Phi) is 6.49. The summed E-state index contributed by atoms with van der Waals surface area (Å²) in [5, 5.41) is 17.0. The van der Waals surface area contributed by atoms with Crippen molar-refractivity contribution in [2.45, 2.75) is 13.5 Å². The van der Waals surface area contributed by atoms with Crippen LogP contribution in [0.1, 0.15) is 17.3 Å². The van der Waals surface area contributed by atoms with Gasteiger partial charge in [0.1, 0.15) is 5.56 Å². The van der Waals surface area contributed by atoms with E-state index in [9.17, 15) is 14.7 Å². The lowest BCUT2D eigenvalue weighted by atomic mass is 9.95. The molecule has 8 heteroatoms. The summed E-state index contributed by atoms with van der Waals surface area (Å²) in [5.41, 5.74) is 2.04. The van der Waals surface area contributed by atoms with Crippen LogP contribution in [0.5, 0.6) is 5.75 Å².